The van der Waals surface area contributed by atoms with Gasteiger partial charge < -0.3 is 14.2 Å². The molecule has 0 aliphatic heterocycles. The van der Waals surface area contributed by atoms with Gasteiger partial charge in [0.25, 0.3) is 0 Å². The van der Waals surface area contributed by atoms with E-state index < -0.39 is 12.1 Å². The Kier molecular flexibility index (Phi) is 7.93. The number of hydrogen-bond acceptors (Lipinski definition) is 5. The fraction of sp³-hybridized carbons (Fsp3) is 0.167. The van der Waals surface area contributed by atoms with Crippen molar-refractivity contribution in [2.24, 2.45) is 0 Å². The molecule has 0 aliphatic carbocycles. The summed E-state index contributed by atoms with van der Waals surface area (Å²) in [5.41, 5.74) is 1.72. The first kappa shape index (κ1) is 22.7. The molecule has 0 amide bonds. The van der Waals surface area contributed by atoms with E-state index in [1.807, 2.05) is 43.3 Å². The highest BCUT2D eigenvalue weighted by molar-refractivity contribution is 6.35. The zero-order valence-corrected chi connectivity index (χ0v) is 18.6. The second-order valence-electron chi connectivity index (χ2n) is 6.48. The third-order valence-electron chi connectivity index (χ3n) is 4.14. The summed E-state index contributed by atoms with van der Waals surface area (Å²) in [5.74, 6) is 0.523. The number of carbonyl (C=O) groups excluding carboxylic acids is 1. The summed E-state index contributed by atoms with van der Waals surface area (Å²) in [6.07, 6.45) is 4.64. The van der Waals surface area contributed by atoms with Gasteiger partial charge in [0.2, 0.25) is 0 Å². The van der Waals surface area contributed by atoms with Crippen LogP contribution in [0, 0.1) is 0 Å². The number of hydrogen-bond donors (Lipinski definition) is 0. The first-order valence-electron chi connectivity index (χ1n) is 9.65. The van der Waals surface area contributed by atoms with Crippen LogP contribution in [0.1, 0.15) is 25.1 Å². The number of esters is 1. The summed E-state index contributed by atoms with van der Waals surface area (Å²) >= 11 is 12.0. The number of carbonyl (C=O) groups is 1. The number of benzene rings is 2. The van der Waals surface area contributed by atoms with E-state index in [4.69, 9.17) is 37.4 Å². The van der Waals surface area contributed by atoms with Gasteiger partial charge in [-0.2, -0.15) is 0 Å². The van der Waals surface area contributed by atoms with Crippen molar-refractivity contribution in [2.45, 2.75) is 20.0 Å². The van der Waals surface area contributed by atoms with Crippen molar-refractivity contribution < 1.29 is 19.0 Å². The molecule has 0 N–H and O–H groups in total. The molecule has 0 aliphatic rings. The quantitative estimate of drug-likeness (QED) is 0.292. The van der Waals surface area contributed by atoms with Gasteiger partial charge in [0.15, 0.2) is 17.6 Å². The van der Waals surface area contributed by atoms with Crippen molar-refractivity contribution in [1.82, 2.24) is 4.98 Å². The monoisotopic (exact) mass is 457 g/mol. The molecule has 3 aromatic rings. The molecule has 160 valence electrons. The van der Waals surface area contributed by atoms with Crippen LogP contribution in [-0.4, -0.2) is 23.7 Å². The zero-order valence-electron chi connectivity index (χ0n) is 17.0. The number of halogens is 2. The average molecular weight is 458 g/mol. The van der Waals surface area contributed by atoms with E-state index in [1.54, 1.807) is 43.5 Å². The summed E-state index contributed by atoms with van der Waals surface area (Å²) in [6.45, 7) is 3.86. The molecule has 1 heterocycles. The van der Waals surface area contributed by atoms with E-state index >= 15 is 0 Å². The lowest BCUT2D eigenvalue weighted by Crippen LogP contribution is -2.28. The topological polar surface area (TPSA) is 57.7 Å². The molecule has 0 radical (unpaired) electrons. The summed E-state index contributed by atoms with van der Waals surface area (Å²) in [4.78, 5) is 16.8. The van der Waals surface area contributed by atoms with Crippen molar-refractivity contribution in [3.05, 3.63) is 82.1 Å². The van der Waals surface area contributed by atoms with Gasteiger partial charge in [-0.05, 0) is 68.0 Å². The minimum atomic E-state index is -0.892. The Labute approximate surface area is 191 Å². The van der Waals surface area contributed by atoms with E-state index in [0.29, 0.717) is 33.9 Å². The molecule has 2 aromatic carbocycles. The van der Waals surface area contributed by atoms with Crippen LogP contribution in [0.25, 0.3) is 12.2 Å². The first-order chi connectivity index (χ1) is 15.0. The second kappa shape index (κ2) is 10.8. The predicted octanol–water partition coefficient (Wildman–Crippen LogP) is 6.33. The maximum absolute atomic E-state index is 12.6. The van der Waals surface area contributed by atoms with Gasteiger partial charge in [-0.1, -0.05) is 41.4 Å². The van der Waals surface area contributed by atoms with Crippen LogP contribution in [0.15, 0.2) is 60.8 Å². The van der Waals surface area contributed by atoms with Gasteiger partial charge in [0.05, 0.1) is 17.3 Å². The SMILES string of the molecule is CCOc1cc(/C=C/c2ccccn2)ccc1OC(=O)C(C)Oc1ccc(Cl)cc1Cl. The lowest BCUT2D eigenvalue weighted by atomic mass is 10.1. The molecule has 7 heteroatoms. The number of aromatic nitrogens is 1. The average Bonchev–Trinajstić information content (AvgIpc) is 2.76. The highest BCUT2D eigenvalue weighted by Crippen LogP contribution is 2.31. The van der Waals surface area contributed by atoms with E-state index in [0.717, 1.165) is 11.3 Å². The highest BCUT2D eigenvalue weighted by atomic mass is 35.5. The zero-order chi connectivity index (χ0) is 22.2. The van der Waals surface area contributed by atoms with Crippen molar-refractivity contribution in [2.75, 3.05) is 6.61 Å². The fourth-order valence-corrected chi connectivity index (χ4v) is 3.09. The maximum Gasteiger partial charge on any atom is 0.352 e. The third kappa shape index (κ3) is 6.48. The first-order valence-corrected chi connectivity index (χ1v) is 10.4. The Hall–Kier alpha value is -3.02. The van der Waals surface area contributed by atoms with Gasteiger partial charge >= 0.3 is 5.97 Å². The molecule has 1 aromatic heterocycles. The van der Waals surface area contributed by atoms with E-state index in [9.17, 15) is 4.79 Å². The van der Waals surface area contributed by atoms with Crippen molar-refractivity contribution >= 4 is 41.3 Å². The Bertz CT molecular complexity index is 1070. The summed E-state index contributed by atoms with van der Waals surface area (Å²) in [7, 11) is 0. The van der Waals surface area contributed by atoms with Gasteiger partial charge in [0.1, 0.15) is 5.75 Å². The predicted molar refractivity (Wildman–Crippen MR) is 123 cm³/mol. The molecule has 0 saturated carbocycles. The van der Waals surface area contributed by atoms with E-state index in [2.05, 4.69) is 4.98 Å². The van der Waals surface area contributed by atoms with Crippen LogP contribution < -0.4 is 14.2 Å². The standard InChI is InChI=1S/C24H21Cl2NO4/c1-3-29-23-14-17(7-10-19-6-4-5-13-27-19)8-11-22(23)31-24(28)16(2)30-21-12-9-18(25)15-20(21)26/h4-16H,3H2,1-2H3/b10-7+. The highest BCUT2D eigenvalue weighted by Gasteiger charge is 2.20. The molecule has 1 atom stereocenters. The van der Waals surface area contributed by atoms with Gasteiger partial charge in [0, 0.05) is 11.2 Å². The molecule has 0 bridgehead atoms. The van der Waals surface area contributed by atoms with Gasteiger partial charge in [-0.15, -0.1) is 0 Å². The van der Waals surface area contributed by atoms with E-state index in [-0.39, 0.29) is 0 Å². The summed E-state index contributed by atoms with van der Waals surface area (Å²) in [5, 5.41) is 0.789. The Morgan fingerprint density at radius 3 is 2.55 bits per heavy atom. The lowest BCUT2D eigenvalue weighted by molar-refractivity contribution is -0.141. The molecule has 0 fully saturated rings. The van der Waals surface area contributed by atoms with Crippen LogP contribution in [0.3, 0.4) is 0 Å². The smallest absolute Gasteiger partial charge is 0.352 e. The van der Waals surface area contributed by atoms with E-state index in [1.165, 1.54) is 0 Å². The van der Waals surface area contributed by atoms with Crippen LogP contribution >= 0.6 is 23.2 Å². The minimum absolute atomic E-state index is 0.305. The number of rotatable bonds is 8. The molecule has 1 unspecified atom stereocenters. The number of pyridine rings is 1. The summed E-state index contributed by atoms with van der Waals surface area (Å²) < 4.78 is 16.8. The number of nitrogens with zero attached hydrogens (tertiary/aromatic N) is 1. The molecule has 31 heavy (non-hydrogen) atoms. The van der Waals surface area contributed by atoms with Gasteiger partial charge in [-0.25, -0.2) is 4.79 Å². The van der Waals surface area contributed by atoms with Crippen molar-refractivity contribution in [1.29, 1.82) is 0 Å². The molecular weight excluding hydrogens is 437 g/mol. The minimum Gasteiger partial charge on any atom is -0.490 e. The van der Waals surface area contributed by atoms with Gasteiger partial charge in [-0.3, -0.25) is 4.98 Å². The lowest BCUT2D eigenvalue weighted by Gasteiger charge is -2.16. The van der Waals surface area contributed by atoms with Crippen LogP contribution in [0.5, 0.6) is 17.2 Å². The van der Waals surface area contributed by atoms with Crippen molar-refractivity contribution in [3.8, 4) is 17.2 Å². The largest absolute Gasteiger partial charge is 0.490 e. The Balaban J connectivity index is 1.72. The van der Waals surface area contributed by atoms with Crippen LogP contribution in [0.4, 0.5) is 0 Å². The normalized spacial score (nSPS) is 11.9. The Morgan fingerprint density at radius 2 is 1.84 bits per heavy atom. The third-order valence-corrected chi connectivity index (χ3v) is 4.67. The number of ether oxygens (including phenoxy) is 3. The summed E-state index contributed by atoms with van der Waals surface area (Å²) in [6, 6.07) is 15.8. The van der Waals surface area contributed by atoms with Crippen molar-refractivity contribution in [3.63, 3.8) is 0 Å². The Morgan fingerprint density at radius 1 is 1.03 bits per heavy atom. The molecule has 0 spiro atoms. The van der Waals surface area contributed by atoms with Crippen LogP contribution in [-0.2, 0) is 4.79 Å². The maximum atomic E-state index is 12.6. The second-order valence-corrected chi connectivity index (χ2v) is 7.33. The fourth-order valence-electron chi connectivity index (χ4n) is 2.64. The molecule has 5 nitrogen and oxygen atoms in total. The molecular formula is C24H21Cl2NO4. The van der Waals surface area contributed by atoms with Crippen LogP contribution in [0.2, 0.25) is 10.0 Å². The molecule has 3 rings (SSSR count). The molecule has 0 saturated heterocycles.